The fourth-order valence-electron chi connectivity index (χ4n) is 1.96. The van der Waals surface area contributed by atoms with E-state index in [1.807, 2.05) is 6.92 Å². The number of hydrogen-bond acceptors (Lipinski definition) is 2. The van der Waals surface area contributed by atoms with Gasteiger partial charge in [0, 0.05) is 11.6 Å². The van der Waals surface area contributed by atoms with Gasteiger partial charge in [0.15, 0.2) is 0 Å². The molecule has 2 aromatic rings. The molecule has 0 aliphatic heterocycles. The van der Waals surface area contributed by atoms with Gasteiger partial charge in [0.1, 0.15) is 5.75 Å². The lowest BCUT2D eigenvalue weighted by molar-refractivity contribution is 0.0698. The predicted molar refractivity (Wildman–Crippen MR) is 80.1 cm³/mol. The van der Waals surface area contributed by atoms with Gasteiger partial charge in [0.05, 0.1) is 22.7 Å². The number of carboxylic acids is 1. The molecule has 0 amide bonds. The van der Waals surface area contributed by atoms with Crippen LogP contribution < -0.4 is 4.74 Å². The molecule has 0 heterocycles. The minimum Gasteiger partial charge on any atom is -0.495 e. The highest BCUT2D eigenvalue weighted by Gasteiger charge is 2.16. The quantitative estimate of drug-likeness (QED) is 0.895. The van der Waals surface area contributed by atoms with Gasteiger partial charge in [-0.25, -0.2) is 4.79 Å². The van der Waals surface area contributed by atoms with Gasteiger partial charge in [-0.3, -0.25) is 0 Å². The average molecular weight is 311 g/mol. The summed E-state index contributed by atoms with van der Waals surface area (Å²) in [6.45, 7) is 1.88. The molecule has 2 rings (SSSR count). The molecule has 104 valence electrons. The lowest BCUT2D eigenvalue weighted by atomic mass is 9.97. The third-order valence-electron chi connectivity index (χ3n) is 2.94. The first-order chi connectivity index (χ1) is 9.43. The molecule has 3 nitrogen and oxygen atoms in total. The van der Waals surface area contributed by atoms with Crippen LogP contribution in [0, 0.1) is 6.92 Å². The van der Waals surface area contributed by atoms with Crippen LogP contribution in [-0.4, -0.2) is 18.2 Å². The van der Waals surface area contributed by atoms with Crippen LogP contribution >= 0.6 is 23.2 Å². The van der Waals surface area contributed by atoms with Crippen molar-refractivity contribution in [2.75, 3.05) is 7.11 Å². The summed E-state index contributed by atoms with van der Waals surface area (Å²) in [4.78, 5) is 11.3. The largest absolute Gasteiger partial charge is 0.495 e. The van der Waals surface area contributed by atoms with Gasteiger partial charge in [-0.1, -0.05) is 40.9 Å². The number of carbonyl (C=O) groups is 1. The second-order valence-electron chi connectivity index (χ2n) is 4.32. The Morgan fingerprint density at radius 1 is 1.10 bits per heavy atom. The summed E-state index contributed by atoms with van der Waals surface area (Å²) in [6.07, 6.45) is 0. The van der Waals surface area contributed by atoms with E-state index >= 15 is 0 Å². The van der Waals surface area contributed by atoms with Gasteiger partial charge in [-0.2, -0.15) is 0 Å². The van der Waals surface area contributed by atoms with Crippen molar-refractivity contribution in [3.05, 3.63) is 51.5 Å². The van der Waals surface area contributed by atoms with Crippen molar-refractivity contribution in [3.63, 3.8) is 0 Å². The monoisotopic (exact) mass is 310 g/mol. The van der Waals surface area contributed by atoms with Crippen molar-refractivity contribution in [1.82, 2.24) is 0 Å². The maximum Gasteiger partial charge on any atom is 0.336 e. The standard InChI is InChI=1S/C15H12Cl2O3/c1-8-3-4-9(15(18)19)10(5-8)11-6-13(17)14(20-2)7-12(11)16/h3-7H,1-2H3,(H,18,19). The van der Waals surface area contributed by atoms with Crippen molar-refractivity contribution in [1.29, 1.82) is 0 Å². The Morgan fingerprint density at radius 3 is 2.40 bits per heavy atom. The molecule has 0 aromatic heterocycles. The van der Waals surface area contributed by atoms with Crippen LogP contribution in [-0.2, 0) is 0 Å². The summed E-state index contributed by atoms with van der Waals surface area (Å²) >= 11 is 12.3. The first kappa shape index (κ1) is 14.7. The zero-order valence-corrected chi connectivity index (χ0v) is 12.4. The van der Waals surface area contributed by atoms with E-state index < -0.39 is 5.97 Å². The van der Waals surface area contributed by atoms with E-state index in [0.29, 0.717) is 26.9 Å². The lowest BCUT2D eigenvalue weighted by Gasteiger charge is -2.12. The molecule has 0 aliphatic carbocycles. The average Bonchev–Trinajstić information content (AvgIpc) is 2.40. The Morgan fingerprint density at radius 2 is 1.80 bits per heavy atom. The Balaban J connectivity index is 2.71. The highest BCUT2D eigenvalue weighted by molar-refractivity contribution is 6.36. The molecule has 2 aromatic carbocycles. The fraction of sp³-hybridized carbons (Fsp3) is 0.133. The van der Waals surface area contributed by atoms with Crippen LogP contribution in [0.4, 0.5) is 0 Å². The van der Waals surface area contributed by atoms with E-state index in [2.05, 4.69) is 0 Å². The third-order valence-corrected chi connectivity index (χ3v) is 3.55. The van der Waals surface area contributed by atoms with Gasteiger partial charge in [-0.15, -0.1) is 0 Å². The van der Waals surface area contributed by atoms with Crippen LogP contribution in [0.3, 0.4) is 0 Å². The fourth-order valence-corrected chi connectivity index (χ4v) is 2.46. The number of ether oxygens (including phenoxy) is 1. The van der Waals surface area contributed by atoms with Crippen LogP contribution in [0.25, 0.3) is 11.1 Å². The van der Waals surface area contributed by atoms with Gasteiger partial charge in [0.25, 0.3) is 0 Å². The van der Waals surface area contributed by atoms with Gasteiger partial charge in [-0.05, 0) is 24.6 Å². The Labute approximate surface area is 126 Å². The molecule has 0 radical (unpaired) electrons. The number of benzene rings is 2. The second-order valence-corrected chi connectivity index (χ2v) is 5.14. The van der Waals surface area contributed by atoms with E-state index in [4.69, 9.17) is 27.9 Å². The number of methoxy groups -OCH3 is 1. The highest BCUT2D eigenvalue weighted by atomic mass is 35.5. The molecule has 0 saturated heterocycles. The van der Waals surface area contributed by atoms with Crippen LogP contribution in [0.15, 0.2) is 30.3 Å². The third kappa shape index (κ3) is 2.74. The maximum absolute atomic E-state index is 11.3. The molecule has 0 saturated carbocycles. The van der Waals surface area contributed by atoms with E-state index in [-0.39, 0.29) is 5.56 Å². The number of rotatable bonds is 3. The summed E-state index contributed by atoms with van der Waals surface area (Å²) in [7, 11) is 1.49. The topological polar surface area (TPSA) is 46.5 Å². The number of halogens is 2. The smallest absolute Gasteiger partial charge is 0.336 e. The summed E-state index contributed by atoms with van der Waals surface area (Å²) < 4.78 is 5.09. The number of carboxylic acid groups (broad SMARTS) is 1. The zero-order chi connectivity index (χ0) is 14.9. The first-order valence-corrected chi connectivity index (χ1v) is 6.57. The number of aromatic carboxylic acids is 1. The van der Waals surface area contributed by atoms with E-state index in [1.54, 1.807) is 30.3 Å². The predicted octanol–water partition coefficient (Wildman–Crippen LogP) is 4.68. The molecule has 0 aliphatic rings. The van der Waals surface area contributed by atoms with Crippen molar-refractivity contribution < 1.29 is 14.6 Å². The minimum absolute atomic E-state index is 0.179. The first-order valence-electron chi connectivity index (χ1n) is 5.81. The number of hydrogen-bond donors (Lipinski definition) is 1. The number of aryl methyl sites for hydroxylation is 1. The molecule has 0 atom stereocenters. The lowest BCUT2D eigenvalue weighted by Crippen LogP contribution is -2.00. The normalized spacial score (nSPS) is 10.4. The Kier molecular flexibility index (Phi) is 4.21. The van der Waals surface area contributed by atoms with Crippen molar-refractivity contribution in [2.24, 2.45) is 0 Å². The SMILES string of the molecule is COc1cc(Cl)c(-c2cc(C)ccc2C(=O)O)cc1Cl. The summed E-state index contributed by atoms with van der Waals surface area (Å²) in [5, 5.41) is 10.0. The van der Waals surface area contributed by atoms with Gasteiger partial charge >= 0.3 is 5.97 Å². The molecular weight excluding hydrogens is 299 g/mol. The maximum atomic E-state index is 11.3. The molecule has 1 N–H and O–H groups in total. The van der Waals surface area contributed by atoms with Crippen LogP contribution in [0.5, 0.6) is 5.75 Å². The van der Waals surface area contributed by atoms with E-state index in [1.165, 1.54) is 7.11 Å². The molecule has 0 spiro atoms. The Hall–Kier alpha value is -1.71. The molecule has 0 fully saturated rings. The molecule has 0 unspecified atom stereocenters. The van der Waals surface area contributed by atoms with E-state index in [0.717, 1.165) is 5.56 Å². The minimum atomic E-state index is -1.01. The highest BCUT2D eigenvalue weighted by Crippen LogP contribution is 2.38. The molecule has 0 bridgehead atoms. The Bertz CT molecular complexity index is 681. The van der Waals surface area contributed by atoms with Crippen molar-refractivity contribution >= 4 is 29.2 Å². The summed E-state index contributed by atoms with van der Waals surface area (Å²) in [5.74, 6) is -0.562. The van der Waals surface area contributed by atoms with Crippen molar-refractivity contribution in [3.8, 4) is 16.9 Å². The van der Waals surface area contributed by atoms with Gasteiger partial charge in [0.2, 0.25) is 0 Å². The van der Waals surface area contributed by atoms with Crippen molar-refractivity contribution in [2.45, 2.75) is 6.92 Å². The molecule has 20 heavy (non-hydrogen) atoms. The van der Waals surface area contributed by atoms with Gasteiger partial charge < -0.3 is 9.84 Å². The zero-order valence-electron chi connectivity index (χ0n) is 10.9. The molecular formula is C15H12Cl2O3. The summed E-state index contributed by atoms with van der Waals surface area (Å²) in [6, 6.07) is 8.26. The second kappa shape index (κ2) is 5.73. The van der Waals surface area contributed by atoms with Crippen LogP contribution in [0.2, 0.25) is 10.0 Å². The van der Waals surface area contributed by atoms with Crippen LogP contribution in [0.1, 0.15) is 15.9 Å². The molecule has 5 heteroatoms. The van der Waals surface area contributed by atoms with E-state index in [9.17, 15) is 9.90 Å². The summed E-state index contributed by atoms with van der Waals surface area (Å²) in [5.41, 5.74) is 2.22.